The molecule has 0 bridgehead atoms. The quantitative estimate of drug-likeness (QED) is 0.883. The number of hydrogen-bond donors (Lipinski definition) is 1. The van der Waals surface area contributed by atoms with Crippen LogP contribution in [-0.2, 0) is 13.5 Å². The lowest BCUT2D eigenvalue weighted by Crippen LogP contribution is -2.33. The molecule has 0 radical (unpaired) electrons. The minimum Gasteiger partial charge on any atom is -0.354 e. The van der Waals surface area contributed by atoms with Gasteiger partial charge in [-0.15, -0.1) is 0 Å². The Morgan fingerprint density at radius 2 is 1.90 bits per heavy atom. The Balaban J connectivity index is 1.95. The summed E-state index contributed by atoms with van der Waals surface area (Å²) in [6, 6.07) is 9.19. The van der Waals surface area contributed by atoms with E-state index in [0.29, 0.717) is 15.6 Å². The molecule has 0 aliphatic heterocycles. The lowest BCUT2D eigenvalue weighted by Gasteiger charge is -2.15. The van der Waals surface area contributed by atoms with Gasteiger partial charge in [-0.1, -0.05) is 29.3 Å². The summed E-state index contributed by atoms with van der Waals surface area (Å²) in [6.07, 6.45) is 3.77. The molecule has 21 heavy (non-hydrogen) atoms. The normalized spacial score (nSPS) is 12.2. The van der Waals surface area contributed by atoms with E-state index in [4.69, 9.17) is 23.2 Å². The van der Waals surface area contributed by atoms with Crippen molar-refractivity contribution in [3.05, 3.63) is 57.8 Å². The highest BCUT2D eigenvalue weighted by Crippen LogP contribution is 2.24. The van der Waals surface area contributed by atoms with E-state index >= 15 is 0 Å². The van der Waals surface area contributed by atoms with Crippen molar-refractivity contribution in [1.29, 1.82) is 0 Å². The molecular formula is C16H18Cl2N2O. The Morgan fingerprint density at radius 1 is 1.24 bits per heavy atom. The largest absolute Gasteiger partial charge is 0.354 e. The number of aryl methyl sites for hydroxylation is 2. The van der Waals surface area contributed by atoms with Crippen molar-refractivity contribution in [2.24, 2.45) is 7.05 Å². The number of nitrogens with zero attached hydrogens (tertiary/aromatic N) is 1. The topological polar surface area (TPSA) is 34.0 Å². The first kappa shape index (κ1) is 15.9. The summed E-state index contributed by atoms with van der Waals surface area (Å²) >= 11 is 12.1. The number of aromatic nitrogens is 1. The van der Waals surface area contributed by atoms with Crippen molar-refractivity contribution in [3.63, 3.8) is 0 Å². The second kappa shape index (κ2) is 7.01. The van der Waals surface area contributed by atoms with Gasteiger partial charge in [-0.25, -0.2) is 0 Å². The molecule has 1 heterocycles. The number of carbonyl (C=O) groups is 1. The molecule has 0 fully saturated rings. The summed E-state index contributed by atoms with van der Waals surface area (Å²) in [5.41, 5.74) is 1.58. The van der Waals surface area contributed by atoms with Crippen LogP contribution in [0.5, 0.6) is 0 Å². The average Bonchev–Trinajstić information content (AvgIpc) is 2.81. The van der Waals surface area contributed by atoms with Crippen LogP contribution >= 0.6 is 23.2 Å². The molecule has 1 aromatic heterocycles. The standard InChI is InChI=1S/C16H18Cl2N2O/c1-11(8-9-12-5-4-10-20(12)2)19-16(21)15-13(17)6-3-7-14(15)18/h3-7,10-11H,8-9H2,1-2H3,(H,19,21)/t11-/m1/s1. The average molecular weight is 325 g/mol. The maximum atomic E-state index is 12.2. The van der Waals surface area contributed by atoms with Crippen molar-refractivity contribution >= 4 is 29.1 Å². The Bertz CT molecular complexity index is 617. The molecule has 2 aromatic rings. The van der Waals surface area contributed by atoms with Crippen LogP contribution in [0.2, 0.25) is 10.0 Å². The van der Waals surface area contributed by atoms with Gasteiger partial charge in [0.15, 0.2) is 0 Å². The van der Waals surface area contributed by atoms with E-state index in [1.54, 1.807) is 18.2 Å². The van der Waals surface area contributed by atoms with Gasteiger partial charge < -0.3 is 9.88 Å². The van der Waals surface area contributed by atoms with E-state index in [9.17, 15) is 4.79 Å². The zero-order chi connectivity index (χ0) is 15.4. The van der Waals surface area contributed by atoms with Crippen molar-refractivity contribution in [2.75, 3.05) is 0 Å². The van der Waals surface area contributed by atoms with Crippen molar-refractivity contribution in [3.8, 4) is 0 Å². The summed E-state index contributed by atoms with van der Waals surface area (Å²) in [5.74, 6) is -0.231. The maximum absolute atomic E-state index is 12.2. The predicted octanol–water partition coefficient (Wildman–Crippen LogP) is 4.08. The number of carbonyl (C=O) groups excluding carboxylic acids is 1. The van der Waals surface area contributed by atoms with Crippen LogP contribution < -0.4 is 5.32 Å². The van der Waals surface area contributed by atoms with Crippen LogP contribution in [0.15, 0.2) is 36.5 Å². The highest BCUT2D eigenvalue weighted by molar-refractivity contribution is 6.39. The lowest BCUT2D eigenvalue weighted by atomic mass is 10.1. The van der Waals surface area contributed by atoms with Crippen LogP contribution in [0.25, 0.3) is 0 Å². The first-order valence-corrected chi connectivity index (χ1v) is 7.59. The molecule has 1 atom stereocenters. The summed E-state index contributed by atoms with van der Waals surface area (Å²) in [7, 11) is 2.02. The second-order valence-corrected chi connectivity index (χ2v) is 5.93. The molecule has 0 saturated carbocycles. The first-order valence-electron chi connectivity index (χ1n) is 6.84. The van der Waals surface area contributed by atoms with Gasteiger partial charge in [-0.05, 0) is 44.0 Å². The van der Waals surface area contributed by atoms with E-state index in [1.807, 2.05) is 26.2 Å². The van der Waals surface area contributed by atoms with Gasteiger partial charge in [-0.2, -0.15) is 0 Å². The smallest absolute Gasteiger partial charge is 0.254 e. The number of amides is 1. The fourth-order valence-electron chi connectivity index (χ4n) is 2.20. The number of rotatable bonds is 5. The fourth-order valence-corrected chi connectivity index (χ4v) is 2.77. The van der Waals surface area contributed by atoms with Crippen LogP contribution in [0, 0.1) is 0 Å². The van der Waals surface area contributed by atoms with Gasteiger partial charge in [0.2, 0.25) is 0 Å². The van der Waals surface area contributed by atoms with E-state index in [0.717, 1.165) is 12.8 Å². The molecule has 3 nitrogen and oxygen atoms in total. The SMILES string of the molecule is C[C@H](CCc1cccn1C)NC(=O)c1c(Cl)cccc1Cl. The van der Waals surface area contributed by atoms with E-state index in [1.165, 1.54) is 5.69 Å². The fraction of sp³-hybridized carbons (Fsp3) is 0.312. The van der Waals surface area contributed by atoms with Crippen LogP contribution in [-0.4, -0.2) is 16.5 Å². The van der Waals surface area contributed by atoms with Crippen molar-refractivity contribution < 1.29 is 4.79 Å². The van der Waals surface area contributed by atoms with Gasteiger partial charge >= 0.3 is 0 Å². The highest BCUT2D eigenvalue weighted by Gasteiger charge is 2.16. The van der Waals surface area contributed by atoms with Gasteiger partial charge in [0.05, 0.1) is 15.6 Å². The molecule has 1 N–H and O–H groups in total. The number of halogens is 2. The molecule has 2 rings (SSSR count). The molecule has 0 unspecified atom stereocenters. The van der Waals surface area contributed by atoms with Crippen molar-refractivity contribution in [1.82, 2.24) is 9.88 Å². The predicted molar refractivity (Wildman–Crippen MR) is 87.1 cm³/mol. The maximum Gasteiger partial charge on any atom is 0.254 e. The molecule has 0 saturated heterocycles. The van der Waals surface area contributed by atoms with E-state index in [2.05, 4.69) is 16.0 Å². The van der Waals surface area contributed by atoms with E-state index < -0.39 is 0 Å². The zero-order valence-electron chi connectivity index (χ0n) is 12.1. The lowest BCUT2D eigenvalue weighted by molar-refractivity contribution is 0.0938. The second-order valence-electron chi connectivity index (χ2n) is 5.12. The highest BCUT2D eigenvalue weighted by atomic mass is 35.5. The number of nitrogens with one attached hydrogen (secondary N) is 1. The van der Waals surface area contributed by atoms with Gasteiger partial charge in [0.1, 0.15) is 0 Å². The number of hydrogen-bond acceptors (Lipinski definition) is 1. The Morgan fingerprint density at radius 3 is 2.48 bits per heavy atom. The Hall–Kier alpha value is -1.45. The summed E-state index contributed by atoms with van der Waals surface area (Å²) < 4.78 is 2.08. The molecule has 0 aliphatic carbocycles. The molecule has 1 aromatic carbocycles. The van der Waals surface area contributed by atoms with Crippen LogP contribution in [0.1, 0.15) is 29.4 Å². The molecule has 1 amide bonds. The minimum absolute atomic E-state index is 0.0414. The van der Waals surface area contributed by atoms with Crippen LogP contribution in [0.3, 0.4) is 0 Å². The summed E-state index contributed by atoms with van der Waals surface area (Å²) in [5, 5.41) is 3.68. The minimum atomic E-state index is -0.231. The molecule has 112 valence electrons. The molecule has 0 aliphatic rings. The summed E-state index contributed by atoms with van der Waals surface area (Å²) in [4.78, 5) is 12.2. The molecule has 0 spiro atoms. The van der Waals surface area contributed by atoms with Gasteiger partial charge in [0, 0.05) is 25.0 Å². The van der Waals surface area contributed by atoms with E-state index in [-0.39, 0.29) is 11.9 Å². The Labute approximate surface area is 134 Å². The third-order valence-electron chi connectivity index (χ3n) is 3.45. The third-order valence-corrected chi connectivity index (χ3v) is 4.08. The molecular weight excluding hydrogens is 307 g/mol. The van der Waals surface area contributed by atoms with Crippen molar-refractivity contribution in [2.45, 2.75) is 25.8 Å². The monoisotopic (exact) mass is 324 g/mol. The third kappa shape index (κ3) is 4.02. The summed E-state index contributed by atoms with van der Waals surface area (Å²) in [6.45, 7) is 1.98. The van der Waals surface area contributed by atoms with Crippen LogP contribution in [0.4, 0.5) is 0 Å². The first-order chi connectivity index (χ1) is 9.99. The molecule has 5 heteroatoms. The zero-order valence-corrected chi connectivity index (χ0v) is 13.6. The Kier molecular flexibility index (Phi) is 5.32. The van der Waals surface area contributed by atoms with Gasteiger partial charge in [0.25, 0.3) is 5.91 Å². The number of benzene rings is 1. The van der Waals surface area contributed by atoms with Gasteiger partial charge in [-0.3, -0.25) is 4.79 Å².